The molecule has 0 unspecified atom stereocenters. The van der Waals surface area contributed by atoms with Gasteiger partial charge in [0.25, 0.3) is 11.8 Å². The van der Waals surface area contributed by atoms with E-state index in [4.69, 9.17) is 0 Å². The maximum atomic E-state index is 12.7. The molecule has 0 radical (unpaired) electrons. The van der Waals surface area contributed by atoms with E-state index in [0.717, 1.165) is 12.0 Å². The summed E-state index contributed by atoms with van der Waals surface area (Å²) in [6.07, 6.45) is 4.03. The Morgan fingerprint density at radius 2 is 1.48 bits per heavy atom. The SMILES string of the molecule is CN(C(=O)/C=C/c1ccccc1)c1ccccc1C(=O)NCCc1ccccc1. The molecule has 0 aromatic heterocycles. The number of likely N-dealkylation sites (N-methyl/N-ethyl adjacent to an activating group) is 1. The summed E-state index contributed by atoms with van der Waals surface area (Å²) in [5, 5.41) is 2.94. The molecule has 0 bridgehead atoms. The molecule has 0 aliphatic heterocycles. The number of benzene rings is 3. The normalized spacial score (nSPS) is 10.7. The van der Waals surface area contributed by atoms with E-state index in [1.54, 1.807) is 31.3 Å². The van der Waals surface area contributed by atoms with Crippen LogP contribution in [0.3, 0.4) is 0 Å². The number of hydrogen-bond donors (Lipinski definition) is 1. The number of anilines is 1. The second-order valence-corrected chi connectivity index (χ2v) is 6.65. The maximum Gasteiger partial charge on any atom is 0.253 e. The van der Waals surface area contributed by atoms with Crippen molar-refractivity contribution in [1.82, 2.24) is 5.32 Å². The van der Waals surface area contributed by atoms with Crippen LogP contribution in [0.5, 0.6) is 0 Å². The largest absolute Gasteiger partial charge is 0.352 e. The van der Waals surface area contributed by atoms with Gasteiger partial charge in [0.1, 0.15) is 0 Å². The van der Waals surface area contributed by atoms with Gasteiger partial charge >= 0.3 is 0 Å². The molecule has 3 aromatic rings. The molecule has 4 nitrogen and oxygen atoms in total. The minimum atomic E-state index is -0.196. The van der Waals surface area contributed by atoms with Crippen LogP contribution in [-0.2, 0) is 11.2 Å². The zero-order valence-corrected chi connectivity index (χ0v) is 16.4. The third kappa shape index (κ3) is 5.66. The van der Waals surface area contributed by atoms with E-state index in [9.17, 15) is 9.59 Å². The number of carbonyl (C=O) groups is 2. The van der Waals surface area contributed by atoms with Crippen molar-refractivity contribution in [1.29, 1.82) is 0 Å². The van der Waals surface area contributed by atoms with Gasteiger partial charge in [-0.1, -0.05) is 72.8 Å². The van der Waals surface area contributed by atoms with Gasteiger partial charge < -0.3 is 10.2 Å². The molecule has 1 N–H and O–H groups in total. The van der Waals surface area contributed by atoms with Crippen molar-refractivity contribution >= 4 is 23.6 Å². The highest BCUT2D eigenvalue weighted by Gasteiger charge is 2.16. The topological polar surface area (TPSA) is 49.4 Å². The Bertz CT molecular complexity index is 982. The van der Waals surface area contributed by atoms with Gasteiger partial charge in [-0.2, -0.15) is 0 Å². The number of amides is 2. The van der Waals surface area contributed by atoms with E-state index in [1.807, 2.05) is 66.7 Å². The molecular formula is C25H24N2O2. The first kappa shape index (κ1) is 20.1. The Morgan fingerprint density at radius 1 is 0.862 bits per heavy atom. The number of nitrogens with zero attached hydrogens (tertiary/aromatic N) is 1. The van der Waals surface area contributed by atoms with Gasteiger partial charge in [-0.25, -0.2) is 0 Å². The fourth-order valence-corrected chi connectivity index (χ4v) is 2.98. The lowest BCUT2D eigenvalue weighted by Gasteiger charge is -2.19. The van der Waals surface area contributed by atoms with Crippen LogP contribution in [0, 0.1) is 0 Å². The van der Waals surface area contributed by atoms with Crippen LogP contribution in [0.2, 0.25) is 0 Å². The quantitative estimate of drug-likeness (QED) is 0.616. The molecular weight excluding hydrogens is 360 g/mol. The first-order valence-corrected chi connectivity index (χ1v) is 9.57. The van der Waals surface area contributed by atoms with Gasteiger partial charge in [0.15, 0.2) is 0 Å². The molecule has 2 amide bonds. The minimum Gasteiger partial charge on any atom is -0.352 e. The van der Waals surface area contributed by atoms with Crippen molar-refractivity contribution in [2.75, 3.05) is 18.5 Å². The molecule has 3 rings (SSSR count). The van der Waals surface area contributed by atoms with Crippen LogP contribution in [0.1, 0.15) is 21.5 Å². The predicted molar refractivity (Wildman–Crippen MR) is 118 cm³/mol. The molecule has 3 aromatic carbocycles. The summed E-state index contributed by atoms with van der Waals surface area (Å²) in [7, 11) is 1.67. The lowest BCUT2D eigenvalue weighted by molar-refractivity contribution is -0.113. The van der Waals surface area contributed by atoms with Gasteiger partial charge in [0, 0.05) is 19.7 Å². The molecule has 29 heavy (non-hydrogen) atoms. The monoisotopic (exact) mass is 384 g/mol. The number of nitrogens with one attached hydrogen (secondary N) is 1. The van der Waals surface area contributed by atoms with Gasteiger partial charge in [0.05, 0.1) is 11.3 Å². The lowest BCUT2D eigenvalue weighted by atomic mass is 10.1. The van der Waals surface area contributed by atoms with Gasteiger partial charge in [0.2, 0.25) is 0 Å². The van der Waals surface area contributed by atoms with Crippen molar-refractivity contribution < 1.29 is 9.59 Å². The molecule has 146 valence electrons. The Labute approximate surface area is 171 Å². The second-order valence-electron chi connectivity index (χ2n) is 6.65. The highest BCUT2D eigenvalue weighted by molar-refractivity contribution is 6.08. The number of para-hydroxylation sites is 1. The molecule has 0 atom stereocenters. The summed E-state index contributed by atoms with van der Waals surface area (Å²) in [5.74, 6) is -0.387. The van der Waals surface area contributed by atoms with Crippen molar-refractivity contribution in [2.24, 2.45) is 0 Å². The number of rotatable bonds is 7. The fraction of sp³-hybridized carbons (Fsp3) is 0.120. The Hall–Kier alpha value is -3.66. The molecule has 0 fully saturated rings. The predicted octanol–water partition coefficient (Wildman–Crippen LogP) is 4.34. The number of hydrogen-bond acceptors (Lipinski definition) is 2. The fourth-order valence-electron chi connectivity index (χ4n) is 2.98. The summed E-state index contributed by atoms with van der Waals surface area (Å²) in [6, 6.07) is 26.8. The van der Waals surface area contributed by atoms with E-state index in [0.29, 0.717) is 17.8 Å². The van der Waals surface area contributed by atoms with Crippen molar-refractivity contribution in [3.8, 4) is 0 Å². The maximum absolute atomic E-state index is 12.7. The van der Waals surface area contributed by atoms with Crippen molar-refractivity contribution in [3.05, 3.63) is 108 Å². The van der Waals surface area contributed by atoms with E-state index < -0.39 is 0 Å². The van der Waals surface area contributed by atoms with E-state index >= 15 is 0 Å². The zero-order chi connectivity index (χ0) is 20.5. The average Bonchev–Trinajstić information content (AvgIpc) is 2.78. The van der Waals surface area contributed by atoms with Crippen LogP contribution in [0.4, 0.5) is 5.69 Å². The lowest BCUT2D eigenvalue weighted by Crippen LogP contribution is -2.30. The molecule has 0 saturated heterocycles. The third-order valence-electron chi connectivity index (χ3n) is 4.60. The standard InChI is InChI=1S/C25H24N2O2/c1-27(24(28)17-16-20-10-4-2-5-11-20)23-15-9-8-14-22(23)25(29)26-19-18-21-12-6-3-7-13-21/h2-17H,18-19H2,1H3,(H,26,29)/b17-16+. The summed E-state index contributed by atoms with van der Waals surface area (Å²) in [4.78, 5) is 26.8. The summed E-state index contributed by atoms with van der Waals surface area (Å²) < 4.78 is 0. The summed E-state index contributed by atoms with van der Waals surface area (Å²) >= 11 is 0. The van der Waals surface area contributed by atoms with Crippen molar-refractivity contribution in [3.63, 3.8) is 0 Å². The van der Waals surface area contributed by atoms with Crippen LogP contribution in [0.25, 0.3) is 6.08 Å². The Kier molecular flexibility index (Phi) is 6.95. The molecule has 0 heterocycles. The average molecular weight is 384 g/mol. The van der Waals surface area contributed by atoms with Crippen LogP contribution < -0.4 is 10.2 Å². The Balaban J connectivity index is 1.66. The van der Waals surface area contributed by atoms with Crippen LogP contribution in [-0.4, -0.2) is 25.4 Å². The smallest absolute Gasteiger partial charge is 0.253 e. The molecule has 0 spiro atoms. The van der Waals surface area contributed by atoms with Gasteiger partial charge in [-0.05, 0) is 35.8 Å². The second kappa shape index (κ2) is 10.0. The first-order valence-electron chi connectivity index (χ1n) is 9.57. The zero-order valence-electron chi connectivity index (χ0n) is 16.4. The minimum absolute atomic E-state index is 0.191. The molecule has 4 heteroatoms. The Morgan fingerprint density at radius 3 is 2.21 bits per heavy atom. The van der Waals surface area contributed by atoms with Gasteiger partial charge in [-0.15, -0.1) is 0 Å². The first-order chi connectivity index (χ1) is 14.1. The van der Waals surface area contributed by atoms with E-state index in [1.165, 1.54) is 16.5 Å². The highest BCUT2D eigenvalue weighted by Crippen LogP contribution is 2.20. The number of carbonyl (C=O) groups excluding carboxylic acids is 2. The molecule has 0 saturated carbocycles. The van der Waals surface area contributed by atoms with Crippen molar-refractivity contribution in [2.45, 2.75) is 6.42 Å². The van der Waals surface area contributed by atoms with Gasteiger partial charge in [-0.3, -0.25) is 9.59 Å². The summed E-state index contributed by atoms with van der Waals surface area (Å²) in [6.45, 7) is 0.531. The highest BCUT2D eigenvalue weighted by atomic mass is 16.2. The van der Waals surface area contributed by atoms with Crippen LogP contribution in [0.15, 0.2) is 91.0 Å². The van der Waals surface area contributed by atoms with E-state index in [2.05, 4.69) is 5.32 Å². The molecule has 0 aliphatic rings. The van der Waals surface area contributed by atoms with Crippen LogP contribution >= 0.6 is 0 Å². The third-order valence-corrected chi connectivity index (χ3v) is 4.60. The van der Waals surface area contributed by atoms with E-state index in [-0.39, 0.29) is 11.8 Å². The molecule has 0 aliphatic carbocycles. The summed E-state index contributed by atoms with van der Waals surface area (Å²) in [5.41, 5.74) is 3.16.